The lowest BCUT2D eigenvalue weighted by molar-refractivity contribution is -0.742. The minimum absolute atomic E-state index is 0.140. The standard InChI is InChI=1S/C18H15Cl3N2O.NO3/c19-14-6-4-13(5-7-14)18(10-23-9-8-22-12-23)24-11-15-16(20)2-1-3-17(15)21;2-1(3)4/h1-9,12,18H,10-11H2;/q;-1/p+1. The second kappa shape index (κ2) is 11.0. The van der Waals surface area contributed by atoms with Crippen LogP contribution in [0.2, 0.25) is 15.1 Å². The predicted octanol–water partition coefficient (Wildman–Crippen LogP) is 4.06. The van der Waals surface area contributed by atoms with Crippen LogP contribution in [0.4, 0.5) is 0 Å². The van der Waals surface area contributed by atoms with Gasteiger partial charge in [-0.1, -0.05) is 53.0 Å². The molecule has 0 aliphatic carbocycles. The highest BCUT2D eigenvalue weighted by atomic mass is 35.5. The maximum Gasteiger partial charge on any atom is 0.193 e. The summed E-state index contributed by atoms with van der Waals surface area (Å²) in [7, 11) is 0. The van der Waals surface area contributed by atoms with Crippen LogP contribution in [0.5, 0.6) is 0 Å². The van der Waals surface area contributed by atoms with Gasteiger partial charge in [-0.15, -0.1) is 0 Å². The Bertz CT molecular complexity index is 823. The van der Waals surface area contributed by atoms with Crippen LogP contribution >= 0.6 is 34.8 Å². The van der Waals surface area contributed by atoms with E-state index in [4.69, 9.17) is 54.9 Å². The van der Waals surface area contributed by atoms with Gasteiger partial charge < -0.3 is 20.1 Å². The molecular weight excluding hydrogens is 429 g/mol. The van der Waals surface area contributed by atoms with Crippen LogP contribution < -0.4 is 4.90 Å². The largest absolute Gasteiger partial charge is 0.363 e. The molecular formula is C18H16Cl3N3O4. The molecule has 1 aliphatic rings. The van der Waals surface area contributed by atoms with E-state index in [0.29, 0.717) is 28.2 Å². The Morgan fingerprint density at radius 1 is 1.07 bits per heavy atom. The van der Waals surface area contributed by atoms with Crippen molar-refractivity contribution in [3.63, 3.8) is 0 Å². The van der Waals surface area contributed by atoms with Crippen LogP contribution in [-0.2, 0) is 11.3 Å². The Labute approximate surface area is 176 Å². The zero-order valence-electron chi connectivity index (χ0n) is 14.4. The van der Waals surface area contributed by atoms with E-state index in [1.807, 2.05) is 55.0 Å². The molecule has 10 heteroatoms. The van der Waals surface area contributed by atoms with E-state index in [1.165, 1.54) is 0 Å². The van der Waals surface area contributed by atoms with Gasteiger partial charge in [-0.3, -0.25) is 4.90 Å². The van der Waals surface area contributed by atoms with Gasteiger partial charge >= 0.3 is 0 Å². The molecule has 2 atom stereocenters. The van der Waals surface area contributed by atoms with Gasteiger partial charge in [0.2, 0.25) is 0 Å². The Morgan fingerprint density at radius 3 is 2.21 bits per heavy atom. The van der Waals surface area contributed by atoms with E-state index >= 15 is 0 Å². The van der Waals surface area contributed by atoms with Crippen LogP contribution in [0.1, 0.15) is 17.2 Å². The molecule has 0 fully saturated rings. The molecule has 1 heterocycles. The van der Waals surface area contributed by atoms with Gasteiger partial charge in [0.05, 0.1) is 17.9 Å². The van der Waals surface area contributed by atoms with E-state index in [2.05, 4.69) is 4.99 Å². The van der Waals surface area contributed by atoms with Crippen LogP contribution in [0.3, 0.4) is 0 Å². The summed E-state index contributed by atoms with van der Waals surface area (Å²) in [6.07, 6.45) is 5.46. The molecule has 1 aliphatic heterocycles. The number of hydrogen-bond donors (Lipinski definition) is 1. The molecule has 1 N–H and O–H groups in total. The van der Waals surface area contributed by atoms with Crippen molar-refractivity contribution in [2.75, 3.05) is 6.54 Å². The van der Waals surface area contributed by atoms with Crippen molar-refractivity contribution in [2.45, 2.75) is 12.7 Å². The van der Waals surface area contributed by atoms with E-state index in [0.717, 1.165) is 16.0 Å². The highest BCUT2D eigenvalue weighted by Crippen LogP contribution is 2.27. The molecule has 0 radical (unpaired) electrons. The molecule has 0 aromatic heterocycles. The average molecular weight is 445 g/mol. The molecule has 0 saturated heterocycles. The molecule has 2 aromatic carbocycles. The third kappa shape index (κ3) is 7.10. The fourth-order valence-corrected chi connectivity index (χ4v) is 3.09. The summed E-state index contributed by atoms with van der Waals surface area (Å²) in [6.45, 7) is 1.05. The van der Waals surface area contributed by atoms with Crippen molar-refractivity contribution in [2.24, 2.45) is 4.99 Å². The number of halogens is 3. The summed E-state index contributed by atoms with van der Waals surface area (Å²) in [5, 5.41) is 16.7. The fraction of sp³-hybridized carbons (Fsp3) is 0.167. The third-order valence-electron chi connectivity index (χ3n) is 3.77. The third-order valence-corrected chi connectivity index (χ3v) is 4.73. The first-order valence-corrected chi connectivity index (χ1v) is 9.17. The van der Waals surface area contributed by atoms with Crippen molar-refractivity contribution >= 4 is 41.1 Å². The molecule has 28 heavy (non-hydrogen) atoms. The second-order valence-corrected chi connectivity index (χ2v) is 6.90. The SMILES string of the molecule is Clc1ccc(C(C[NH+]2C=CN=C2)OCc2c(Cl)cccc2Cl)cc1.O=[N+]([O-])[O-]. The van der Waals surface area contributed by atoms with Crippen LogP contribution in [0.15, 0.2) is 59.9 Å². The zero-order chi connectivity index (χ0) is 20.5. The first-order valence-electron chi connectivity index (χ1n) is 8.04. The minimum Gasteiger partial charge on any atom is -0.363 e. The van der Waals surface area contributed by atoms with Crippen LogP contribution in [0.25, 0.3) is 0 Å². The predicted molar refractivity (Wildman–Crippen MR) is 109 cm³/mol. The first kappa shape index (κ1) is 22.1. The number of hydrogen-bond acceptors (Lipinski definition) is 5. The lowest BCUT2D eigenvalue weighted by Gasteiger charge is -2.20. The molecule has 7 nitrogen and oxygen atoms in total. The van der Waals surface area contributed by atoms with Gasteiger partial charge in [-0.05, 0) is 29.8 Å². The van der Waals surface area contributed by atoms with Crippen LogP contribution in [0, 0.1) is 15.3 Å². The summed E-state index contributed by atoms with van der Waals surface area (Å²) in [5.74, 6) is 0. The monoisotopic (exact) mass is 443 g/mol. The quantitative estimate of drug-likeness (QED) is 0.537. The van der Waals surface area contributed by atoms with Crippen molar-refractivity contribution in [1.29, 1.82) is 0 Å². The maximum atomic E-state index is 8.25. The molecule has 3 rings (SSSR count). The molecule has 0 spiro atoms. The number of benzene rings is 2. The zero-order valence-corrected chi connectivity index (χ0v) is 16.7. The Hall–Kier alpha value is -2.16. The number of nitrogens with zero attached hydrogens (tertiary/aromatic N) is 2. The molecule has 0 amide bonds. The lowest BCUT2D eigenvalue weighted by atomic mass is 10.1. The Morgan fingerprint density at radius 2 is 1.68 bits per heavy atom. The van der Waals surface area contributed by atoms with E-state index in [1.54, 1.807) is 6.20 Å². The van der Waals surface area contributed by atoms with E-state index in [9.17, 15) is 0 Å². The van der Waals surface area contributed by atoms with Gasteiger partial charge in [-0.2, -0.15) is 0 Å². The lowest BCUT2D eigenvalue weighted by Crippen LogP contribution is -3.06. The number of aliphatic imine (C=N–C) groups is 1. The number of nitrogens with one attached hydrogen (secondary N) is 1. The van der Waals surface area contributed by atoms with Gasteiger partial charge in [0, 0.05) is 20.6 Å². The number of ether oxygens (including phenoxy) is 1. The van der Waals surface area contributed by atoms with Gasteiger partial charge in [-0.25, -0.2) is 4.99 Å². The van der Waals surface area contributed by atoms with Gasteiger partial charge in [0.1, 0.15) is 18.8 Å². The maximum absolute atomic E-state index is 8.25. The summed E-state index contributed by atoms with van der Waals surface area (Å²) >= 11 is 18.4. The molecule has 0 bridgehead atoms. The summed E-state index contributed by atoms with van der Waals surface area (Å²) in [6, 6.07) is 13.1. The van der Waals surface area contributed by atoms with Crippen molar-refractivity contribution in [3.05, 3.63) is 96.4 Å². The average Bonchev–Trinajstić information content (AvgIpc) is 3.14. The molecule has 0 saturated carbocycles. The van der Waals surface area contributed by atoms with Crippen molar-refractivity contribution in [1.82, 2.24) is 0 Å². The Balaban J connectivity index is 0.000000640. The van der Waals surface area contributed by atoms with E-state index < -0.39 is 5.09 Å². The molecule has 2 aromatic rings. The highest BCUT2D eigenvalue weighted by molar-refractivity contribution is 6.35. The highest BCUT2D eigenvalue weighted by Gasteiger charge is 2.20. The smallest absolute Gasteiger partial charge is 0.193 e. The first-order chi connectivity index (χ1) is 13.4. The van der Waals surface area contributed by atoms with Gasteiger partial charge in [0.25, 0.3) is 0 Å². The molecule has 148 valence electrons. The summed E-state index contributed by atoms with van der Waals surface area (Å²) in [4.78, 5) is 13.5. The summed E-state index contributed by atoms with van der Waals surface area (Å²) < 4.78 is 6.15. The number of quaternary nitrogens is 1. The fourth-order valence-electron chi connectivity index (χ4n) is 2.46. The number of rotatable bonds is 6. The van der Waals surface area contributed by atoms with Crippen molar-refractivity contribution < 1.29 is 14.7 Å². The minimum atomic E-state index is -1.75. The van der Waals surface area contributed by atoms with Gasteiger partial charge in [0.15, 0.2) is 6.34 Å². The van der Waals surface area contributed by atoms with Crippen LogP contribution in [-0.4, -0.2) is 18.0 Å². The van der Waals surface area contributed by atoms with Crippen molar-refractivity contribution in [3.8, 4) is 0 Å². The second-order valence-electron chi connectivity index (χ2n) is 5.65. The topological polar surface area (TPSA) is 92.2 Å². The molecule has 2 unspecified atom stereocenters. The Kier molecular flexibility index (Phi) is 8.69. The van der Waals surface area contributed by atoms with E-state index in [-0.39, 0.29) is 6.10 Å². The normalized spacial score (nSPS) is 15.8. The summed E-state index contributed by atoms with van der Waals surface area (Å²) in [5.41, 5.74) is 1.84.